The van der Waals surface area contributed by atoms with E-state index in [1.54, 1.807) is 0 Å². The van der Waals surface area contributed by atoms with Gasteiger partial charge >= 0.3 is 0 Å². The maximum atomic E-state index is 13.0. The van der Waals surface area contributed by atoms with Gasteiger partial charge in [0.1, 0.15) is 0 Å². The van der Waals surface area contributed by atoms with Gasteiger partial charge in [-0.15, -0.1) is 0 Å². The third-order valence-corrected chi connectivity index (χ3v) is 3.37. The summed E-state index contributed by atoms with van der Waals surface area (Å²) in [6.45, 7) is 4.64. The quantitative estimate of drug-likeness (QED) is 0.863. The lowest BCUT2D eigenvalue weighted by molar-refractivity contribution is -0.132. The summed E-state index contributed by atoms with van der Waals surface area (Å²) in [5.41, 5.74) is 0.0512. The zero-order chi connectivity index (χ0) is 15.6. The Morgan fingerprint density at radius 2 is 2.00 bits per heavy atom. The lowest BCUT2D eigenvalue weighted by Crippen LogP contribution is -2.53. The van der Waals surface area contributed by atoms with Crippen LogP contribution in [0.25, 0.3) is 0 Å². The van der Waals surface area contributed by atoms with E-state index in [2.05, 4.69) is 11.9 Å². The molecule has 0 saturated carbocycles. The standard InChI is InChI=1S/C14H13ClF2N2O2/c1-8(15)14(21)19-6-9(7-19)5-18-13(20)10-2-3-11(16)12(17)4-10/h2-4,9H,1,5-7H2,(H,18,20). The molecule has 0 unspecified atom stereocenters. The third kappa shape index (κ3) is 3.58. The summed E-state index contributed by atoms with van der Waals surface area (Å²) in [5.74, 6) is -2.76. The number of nitrogens with one attached hydrogen (secondary N) is 1. The van der Waals surface area contributed by atoms with E-state index < -0.39 is 17.5 Å². The van der Waals surface area contributed by atoms with Crippen LogP contribution in [-0.2, 0) is 4.79 Å². The summed E-state index contributed by atoms with van der Waals surface area (Å²) in [6, 6.07) is 2.96. The molecule has 1 aliphatic heterocycles. The topological polar surface area (TPSA) is 49.4 Å². The molecule has 0 bridgehead atoms. The number of carbonyl (C=O) groups is 2. The van der Waals surface area contributed by atoms with Crippen molar-refractivity contribution in [3.63, 3.8) is 0 Å². The van der Waals surface area contributed by atoms with Crippen LogP contribution in [0.2, 0.25) is 0 Å². The Kier molecular flexibility index (Phi) is 4.57. The second-order valence-corrected chi connectivity index (χ2v) is 5.28. The van der Waals surface area contributed by atoms with Gasteiger partial charge in [-0.2, -0.15) is 0 Å². The van der Waals surface area contributed by atoms with Crippen molar-refractivity contribution in [1.82, 2.24) is 10.2 Å². The molecule has 1 heterocycles. The Bertz CT molecular complexity index is 601. The number of likely N-dealkylation sites (tertiary alicyclic amines) is 1. The Morgan fingerprint density at radius 1 is 1.33 bits per heavy atom. The van der Waals surface area contributed by atoms with Gasteiger partial charge in [-0.3, -0.25) is 9.59 Å². The van der Waals surface area contributed by atoms with Gasteiger partial charge in [-0.05, 0) is 18.2 Å². The molecule has 112 valence electrons. The second kappa shape index (κ2) is 6.22. The molecule has 0 aliphatic carbocycles. The van der Waals surface area contributed by atoms with Gasteiger partial charge in [-0.1, -0.05) is 18.2 Å². The van der Waals surface area contributed by atoms with Crippen molar-refractivity contribution in [1.29, 1.82) is 0 Å². The molecule has 21 heavy (non-hydrogen) atoms. The van der Waals surface area contributed by atoms with Gasteiger partial charge in [0.2, 0.25) is 0 Å². The fourth-order valence-corrected chi connectivity index (χ4v) is 2.13. The van der Waals surface area contributed by atoms with Gasteiger partial charge in [0.25, 0.3) is 11.8 Å². The molecule has 7 heteroatoms. The van der Waals surface area contributed by atoms with Crippen LogP contribution in [0.5, 0.6) is 0 Å². The van der Waals surface area contributed by atoms with Crippen molar-refractivity contribution in [3.05, 3.63) is 47.0 Å². The average molecular weight is 315 g/mol. The first-order valence-corrected chi connectivity index (χ1v) is 6.63. The van der Waals surface area contributed by atoms with Crippen LogP contribution >= 0.6 is 11.6 Å². The van der Waals surface area contributed by atoms with Crippen molar-refractivity contribution in [2.75, 3.05) is 19.6 Å². The second-order valence-electron chi connectivity index (χ2n) is 4.82. The Morgan fingerprint density at radius 3 is 2.57 bits per heavy atom. The van der Waals surface area contributed by atoms with Crippen molar-refractivity contribution >= 4 is 23.4 Å². The molecule has 0 radical (unpaired) electrons. The predicted molar refractivity (Wildman–Crippen MR) is 73.8 cm³/mol. The van der Waals surface area contributed by atoms with E-state index in [1.165, 1.54) is 11.0 Å². The highest BCUT2D eigenvalue weighted by Gasteiger charge is 2.31. The molecule has 1 aliphatic rings. The lowest BCUT2D eigenvalue weighted by atomic mass is 10.00. The number of hydrogen-bond donors (Lipinski definition) is 1. The van der Waals surface area contributed by atoms with Crippen molar-refractivity contribution in [2.45, 2.75) is 0 Å². The van der Waals surface area contributed by atoms with Crippen LogP contribution in [0, 0.1) is 17.6 Å². The highest BCUT2D eigenvalue weighted by Crippen LogP contribution is 2.18. The first-order chi connectivity index (χ1) is 9.88. The first-order valence-electron chi connectivity index (χ1n) is 6.25. The van der Waals surface area contributed by atoms with E-state index in [9.17, 15) is 18.4 Å². The Labute approximate surface area is 125 Å². The molecule has 2 amide bonds. The molecule has 0 spiro atoms. The largest absolute Gasteiger partial charge is 0.352 e. The van der Waals surface area contributed by atoms with Crippen LogP contribution < -0.4 is 5.32 Å². The maximum absolute atomic E-state index is 13.0. The predicted octanol–water partition coefficient (Wildman–Crippen LogP) is 1.91. The summed E-state index contributed by atoms with van der Waals surface area (Å²) in [4.78, 5) is 24.7. The van der Waals surface area contributed by atoms with Crippen molar-refractivity contribution in [3.8, 4) is 0 Å². The fourth-order valence-electron chi connectivity index (χ4n) is 2.01. The molecule has 1 aromatic carbocycles. The molecule has 0 aromatic heterocycles. The van der Waals surface area contributed by atoms with Gasteiger partial charge in [-0.25, -0.2) is 8.78 Å². The molecule has 2 rings (SSSR count). The van der Waals surface area contributed by atoms with Gasteiger partial charge < -0.3 is 10.2 Å². The molecule has 1 saturated heterocycles. The van der Waals surface area contributed by atoms with E-state index >= 15 is 0 Å². The molecule has 0 atom stereocenters. The first kappa shape index (κ1) is 15.4. The minimum atomic E-state index is -1.07. The maximum Gasteiger partial charge on any atom is 0.264 e. The summed E-state index contributed by atoms with van der Waals surface area (Å²) >= 11 is 5.50. The summed E-state index contributed by atoms with van der Waals surface area (Å²) in [7, 11) is 0. The molecular formula is C14H13ClF2N2O2. The van der Waals surface area contributed by atoms with Crippen LogP contribution in [0.4, 0.5) is 8.78 Å². The molecule has 1 aromatic rings. The number of rotatable bonds is 4. The van der Waals surface area contributed by atoms with Crippen LogP contribution in [0.15, 0.2) is 29.8 Å². The number of hydrogen-bond acceptors (Lipinski definition) is 2. The van der Waals surface area contributed by atoms with E-state index in [4.69, 9.17) is 11.6 Å². The summed E-state index contributed by atoms with van der Waals surface area (Å²) < 4.78 is 25.8. The average Bonchev–Trinajstić information content (AvgIpc) is 2.39. The van der Waals surface area contributed by atoms with E-state index in [1.807, 2.05) is 0 Å². The number of carbonyl (C=O) groups excluding carboxylic acids is 2. The highest BCUT2D eigenvalue weighted by atomic mass is 35.5. The van der Waals surface area contributed by atoms with E-state index in [0.717, 1.165) is 12.1 Å². The van der Waals surface area contributed by atoms with Crippen molar-refractivity contribution < 1.29 is 18.4 Å². The molecule has 1 N–H and O–H groups in total. The SMILES string of the molecule is C=C(Cl)C(=O)N1CC(CNC(=O)c2ccc(F)c(F)c2)C1. The number of nitrogens with zero attached hydrogens (tertiary/aromatic N) is 1. The molecular weight excluding hydrogens is 302 g/mol. The highest BCUT2D eigenvalue weighted by molar-refractivity contribution is 6.41. The van der Waals surface area contributed by atoms with Gasteiger partial charge in [0.05, 0.1) is 5.03 Å². The monoisotopic (exact) mass is 314 g/mol. The zero-order valence-electron chi connectivity index (χ0n) is 11.0. The van der Waals surface area contributed by atoms with E-state index in [-0.39, 0.29) is 22.4 Å². The van der Waals surface area contributed by atoms with Gasteiger partial charge in [0, 0.05) is 31.1 Å². The molecule has 4 nitrogen and oxygen atoms in total. The minimum Gasteiger partial charge on any atom is -0.352 e. The van der Waals surface area contributed by atoms with Crippen LogP contribution in [0.3, 0.4) is 0 Å². The number of halogens is 3. The number of benzene rings is 1. The smallest absolute Gasteiger partial charge is 0.264 e. The van der Waals surface area contributed by atoms with Crippen LogP contribution in [0.1, 0.15) is 10.4 Å². The minimum absolute atomic E-state index is 0.0423. The third-order valence-electron chi connectivity index (χ3n) is 3.21. The summed E-state index contributed by atoms with van der Waals surface area (Å²) in [5, 5.41) is 2.57. The zero-order valence-corrected chi connectivity index (χ0v) is 11.8. The van der Waals surface area contributed by atoms with E-state index in [0.29, 0.717) is 19.6 Å². The van der Waals surface area contributed by atoms with Crippen LogP contribution in [-0.4, -0.2) is 36.3 Å². The Balaban J connectivity index is 1.80. The lowest BCUT2D eigenvalue weighted by Gasteiger charge is -2.39. The number of amides is 2. The van der Waals surface area contributed by atoms with Crippen molar-refractivity contribution in [2.24, 2.45) is 5.92 Å². The fraction of sp³-hybridized carbons (Fsp3) is 0.286. The molecule has 1 fully saturated rings. The summed E-state index contributed by atoms with van der Waals surface area (Å²) in [6.07, 6.45) is 0. The van der Waals surface area contributed by atoms with Gasteiger partial charge in [0.15, 0.2) is 11.6 Å². The Hall–Kier alpha value is -1.95. The normalized spacial score (nSPS) is 14.5.